The molecule has 0 aliphatic heterocycles. The van der Waals surface area contributed by atoms with Gasteiger partial charge in [-0.2, -0.15) is 0 Å². The van der Waals surface area contributed by atoms with Crippen LogP contribution in [0.5, 0.6) is 0 Å². The van der Waals surface area contributed by atoms with Gasteiger partial charge in [-0.05, 0) is 24.7 Å². The van der Waals surface area contributed by atoms with Gasteiger partial charge in [0.25, 0.3) is 0 Å². The van der Waals surface area contributed by atoms with Gasteiger partial charge in [-0.25, -0.2) is 4.98 Å². The standard InChI is InChI=1S/C14H25N3OS/c1-10(2)13-12(8-15)19-14(16-13)17(3)6-7-18-9-11-4-5-11/h10-11H,4-9,15H2,1-3H3. The highest BCUT2D eigenvalue weighted by Gasteiger charge is 2.21. The van der Waals surface area contributed by atoms with E-state index in [1.165, 1.54) is 17.7 Å². The molecule has 1 aliphatic rings. The Hall–Kier alpha value is -0.650. The van der Waals surface area contributed by atoms with Crippen LogP contribution in [0.2, 0.25) is 0 Å². The summed E-state index contributed by atoms with van der Waals surface area (Å²) in [5.41, 5.74) is 6.94. The predicted octanol–water partition coefficient (Wildman–Crippen LogP) is 2.59. The van der Waals surface area contributed by atoms with Crippen molar-refractivity contribution < 1.29 is 4.74 Å². The van der Waals surface area contributed by atoms with Crippen LogP contribution in [0, 0.1) is 5.92 Å². The first kappa shape index (κ1) is 14.8. The van der Waals surface area contributed by atoms with Gasteiger partial charge in [0.15, 0.2) is 5.13 Å². The molecular formula is C14H25N3OS. The minimum absolute atomic E-state index is 0.433. The van der Waals surface area contributed by atoms with Crippen LogP contribution in [-0.2, 0) is 11.3 Å². The maximum absolute atomic E-state index is 5.79. The quantitative estimate of drug-likeness (QED) is 0.745. The Morgan fingerprint density at radius 1 is 1.47 bits per heavy atom. The Morgan fingerprint density at radius 2 is 2.21 bits per heavy atom. The highest BCUT2D eigenvalue weighted by molar-refractivity contribution is 7.15. The normalized spacial score (nSPS) is 15.2. The summed E-state index contributed by atoms with van der Waals surface area (Å²) in [6.07, 6.45) is 2.69. The van der Waals surface area contributed by atoms with Crippen molar-refractivity contribution in [1.29, 1.82) is 0 Å². The molecule has 1 aromatic heterocycles. The summed E-state index contributed by atoms with van der Waals surface area (Å²) in [5, 5.41) is 1.05. The third-order valence-corrected chi connectivity index (χ3v) is 4.60. The van der Waals surface area contributed by atoms with E-state index in [0.717, 1.165) is 36.5 Å². The smallest absolute Gasteiger partial charge is 0.185 e. The summed E-state index contributed by atoms with van der Waals surface area (Å²) in [5.74, 6) is 1.27. The summed E-state index contributed by atoms with van der Waals surface area (Å²) < 4.78 is 5.67. The largest absolute Gasteiger partial charge is 0.379 e. The molecule has 2 rings (SSSR count). The van der Waals surface area contributed by atoms with Crippen molar-refractivity contribution in [1.82, 2.24) is 4.98 Å². The van der Waals surface area contributed by atoms with Crippen LogP contribution in [0.3, 0.4) is 0 Å². The van der Waals surface area contributed by atoms with Crippen molar-refractivity contribution in [3.8, 4) is 0 Å². The zero-order valence-electron chi connectivity index (χ0n) is 12.2. The zero-order valence-corrected chi connectivity index (χ0v) is 13.0. The van der Waals surface area contributed by atoms with Crippen molar-refractivity contribution in [2.45, 2.75) is 39.2 Å². The molecule has 0 atom stereocenters. The van der Waals surface area contributed by atoms with Crippen LogP contribution in [0.4, 0.5) is 5.13 Å². The molecule has 0 aromatic carbocycles. The first-order chi connectivity index (χ1) is 9.11. The van der Waals surface area contributed by atoms with Crippen LogP contribution in [0.15, 0.2) is 0 Å². The van der Waals surface area contributed by atoms with Crippen LogP contribution in [0.1, 0.15) is 43.2 Å². The number of anilines is 1. The molecule has 4 nitrogen and oxygen atoms in total. The molecule has 1 heterocycles. The number of thiazole rings is 1. The lowest BCUT2D eigenvalue weighted by Gasteiger charge is -2.15. The fourth-order valence-electron chi connectivity index (χ4n) is 1.94. The molecule has 1 aromatic rings. The molecule has 108 valence electrons. The molecule has 1 aliphatic carbocycles. The number of hydrogen-bond donors (Lipinski definition) is 1. The van der Waals surface area contributed by atoms with Gasteiger partial charge in [0, 0.05) is 31.6 Å². The number of aromatic nitrogens is 1. The third-order valence-electron chi connectivity index (χ3n) is 3.40. The van der Waals surface area contributed by atoms with Gasteiger partial charge in [0.05, 0.1) is 12.3 Å². The second-order valence-corrected chi connectivity index (χ2v) is 6.67. The summed E-state index contributed by atoms with van der Waals surface area (Å²) >= 11 is 1.71. The molecule has 19 heavy (non-hydrogen) atoms. The van der Waals surface area contributed by atoms with Gasteiger partial charge < -0.3 is 15.4 Å². The van der Waals surface area contributed by atoms with Gasteiger partial charge in [0.1, 0.15) is 0 Å². The molecule has 2 N–H and O–H groups in total. The first-order valence-electron chi connectivity index (χ1n) is 7.10. The number of rotatable bonds is 8. The topological polar surface area (TPSA) is 51.4 Å². The van der Waals surface area contributed by atoms with Crippen LogP contribution in [0.25, 0.3) is 0 Å². The molecule has 0 saturated heterocycles. The number of ether oxygens (including phenoxy) is 1. The summed E-state index contributed by atoms with van der Waals surface area (Å²) in [6, 6.07) is 0. The Morgan fingerprint density at radius 3 is 2.74 bits per heavy atom. The molecule has 1 saturated carbocycles. The van der Waals surface area contributed by atoms with E-state index < -0.39 is 0 Å². The molecule has 0 amide bonds. The highest BCUT2D eigenvalue weighted by Crippen LogP contribution is 2.30. The Kier molecular flexibility index (Phi) is 5.19. The van der Waals surface area contributed by atoms with Crippen molar-refractivity contribution >= 4 is 16.5 Å². The van der Waals surface area contributed by atoms with Crippen LogP contribution >= 0.6 is 11.3 Å². The van der Waals surface area contributed by atoms with E-state index in [9.17, 15) is 0 Å². The zero-order chi connectivity index (χ0) is 13.8. The minimum atomic E-state index is 0.433. The van der Waals surface area contributed by atoms with E-state index in [-0.39, 0.29) is 0 Å². The Balaban J connectivity index is 1.84. The maximum Gasteiger partial charge on any atom is 0.185 e. The third kappa shape index (κ3) is 4.16. The van der Waals surface area contributed by atoms with Gasteiger partial charge in [0.2, 0.25) is 0 Å². The lowest BCUT2D eigenvalue weighted by molar-refractivity contribution is 0.131. The van der Waals surface area contributed by atoms with Crippen molar-refractivity contribution in [3.05, 3.63) is 10.6 Å². The van der Waals surface area contributed by atoms with Crippen molar-refractivity contribution in [2.24, 2.45) is 11.7 Å². The monoisotopic (exact) mass is 283 g/mol. The maximum atomic E-state index is 5.79. The molecule has 1 fully saturated rings. The summed E-state index contributed by atoms with van der Waals surface area (Å²) in [6.45, 7) is 7.50. The second-order valence-electron chi connectivity index (χ2n) is 5.60. The van der Waals surface area contributed by atoms with Gasteiger partial charge >= 0.3 is 0 Å². The summed E-state index contributed by atoms with van der Waals surface area (Å²) in [7, 11) is 2.07. The van der Waals surface area contributed by atoms with Gasteiger partial charge in [-0.15, -0.1) is 11.3 Å². The van der Waals surface area contributed by atoms with Gasteiger partial charge in [-0.1, -0.05) is 13.8 Å². The average Bonchev–Trinajstić information content (AvgIpc) is 3.10. The predicted molar refractivity (Wildman–Crippen MR) is 80.9 cm³/mol. The summed E-state index contributed by atoms with van der Waals surface area (Å²) in [4.78, 5) is 8.09. The average molecular weight is 283 g/mol. The van der Waals surface area contributed by atoms with E-state index in [4.69, 9.17) is 15.5 Å². The lowest BCUT2D eigenvalue weighted by atomic mass is 10.1. The number of nitrogens with two attached hydrogens (primary N) is 1. The van der Waals surface area contributed by atoms with Crippen molar-refractivity contribution in [2.75, 3.05) is 31.7 Å². The highest BCUT2D eigenvalue weighted by atomic mass is 32.1. The fourth-order valence-corrected chi connectivity index (χ4v) is 3.02. The SMILES string of the molecule is CC(C)c1nc(N(C)CCOCC2CC2)sc1CN. The molecule has 0 radical (unpaired) electrons. The van der Waals surface area contributed by atoms with E-state index >= 15 is 0 Å². The van der Waals surface area contributed by atoms with Crippen LogP contribution in [-0.4, -0.2) is 31.8 Å². The van der Waals surface area contributed by atoms with E-state index in [1.807, 2.05) is 0 Å². The second kappa shape index (κ2) is 6.68. The van der Waals surface area contributed by atoms with E-state index in [1.54, 1.807) is 11.3 Å². The molecule has 0 bridgehead atoms. The molecule has 5 heteroatoms. The van der Waals surface area contributed by atoms with E-state index in [2.05, 4.69) is 25.8 Å². The number of likely N-dealkylation sites (N-methyl/N-ethyl adjacent to an activating group) is 1. The fraction of sp³-hybridized carbons (Fsp3) is 0.786. The minimum Gasteiger partial charge on any atom is -0.379 e. The Bertz CT molecular complexity index is 401. The molecule has 0 spiro atoms. The number of nitrogens with zero attached hydrogens (tertiary/aromatic N) is 2. The van der Waals surface area contributed by atoms with Crippen molar-refractivity contribution in [3.63, 3.8) is 0 Å². The van der Waals surface area contributed by atoms with Crippen LogP contribution < -0.4 is 10.6 Å². The molecular weight excluding hydrogens is 258 g/mol. The first-order valence-corrected chi connectivity index (χ1v) is 7.92. The van der Waals surface area contributed by atoms with Gasteiger partial charge in [-0.3, -0.25) is 0 Å². The lowest BCUT2D eigenvalue weighted by Crippen LogP contribution is -2.22. The Labute approximate surface area is 120 Å². The number of hydrogen-bond acceptors (Lipinski definition) is 5. The molecule has 0 unspecified atom stereocenters. The van der Waals surface area contributed by atoms with E-state index in [0.29, 0.717) is 12.5 Å².